The molecule has 3 fully saturated rings. The molecule has 2 aromatic rings. The number of anilines is 1. The zero-order valence-corrected chi connectivity index (χ0v) is 20.8. The minimum absolute atomic E-state index is 0.159. The van der Waals surface area contributed by atoms with Gasteiger partial charge in [-0.2, -0.15) is 4.98 Å². The van der Waals surface area contributed by atoms with E-state index in [1.54, 1.807) is 13.2 Å². The molecule has 3 aliphatic rings. The predicted molar refractivity (Wildman–Crippen MR) is 127 cm³/mol. The standard InChI is InChI=1S/C25H32F3N5O4/c1-35-13-21-30-23(37-31-21)32-7-4-16(5-8-32)19-12-24(19,29)6-9-36-18-3-2-17(20(26)11-18)10-22(34)33-14-25(27,28)15-33/h2-3,11,16,19H,4-10,12-15,29H2,1H3/t19-,24+/m1/s1. The number of carbonyl (C=O) groups excluding carboxylic acids is 1. The zero-order chi connectivity index (χ0) is 26.2. The summed E-state index contributed by atoms with van der Waals surface area (Å²) in [4.78, 5) is 19.5. The maximum atomic E-state index is 14.5. The highest BCUT2D eigenvalue weighted by Gasteiger charge is 2.54. The Kier molecular flexibility index (Phi) is 7.06. The van der Waals surface area contributed by atoms with Crippen molar-refractivity contribution < 1.29 is 32.0 Å². The second kappa shape index (κ2) is 10.1. The molecule has 2 atom stereocenters. The number of aromatic nitrogens is 2. The Hall–Kier alpha value is -2.86. The summed E-state index contributed by atoms with van der Waals surface area (Å²) < 4.78 is 56.5. The van der Waals surface area contributed by atoms with Gasteiger partial charge >= 0.3 is 6.01 Å². The fourth-order valence-electron chi connectivity index (χ4n) is 5.41. The van der Waals surface area contributed by atoms with E-state index >= 15 is 0 Å². The van der Waals surface area contributed by atoms with Crippen LogP contribution < -0.4 is 15.4 Å². The third-order valence-corrected chi connectivity index (χ3v) is 7.69. The van der Waals surface area contributed by atoms with Crippen molar-refractivity contribution in [1.29, 1.82) is 0 Å². The van der Waals surface area contributed by atoms with Crippen LogP contribution in [0, 0.1) is 17.7 Å². The third-order valence-electron chi connectivity index (χ3n) is 7.69. The van der Waals surface area contributed by atoms with E-state index in [2.05, 4.69) is 15.0 Å². The fourth-order valence-corrected chi connectivity index (χ4v) is 5.41. The van der Waals surface area contributed by atoms with Gasteiger partial charge in [0.2, 0.25) is 5.91 Å². The number of rotatable bonds is 10. The molecule has 0 bridgehead atoms. The Morgan fingerprint density at radius 1 is 1.27 bits per heavy atom. The fraction of sp³-hybridized carbons (Fsp3) is 0.640. The van der Waals surface area contributed by atoms with Crippen molar-refractivity contribution in [1.82, 2.24) is 15.0 Å². The Morgan fingerprint density at radius 2 is 2.03 bits per heavy atom. The molecular formula is C25H32F3N5O4. The van der Waals surface area contributed by atoms with Crippen LogP contribution in [0.1, 0.15) is 37.1 Å². The number of carbonyl (C=O) groups is 1. The molecule has 2 saturated heterocycles. The van der Waals surface area contributed by atoms with Crippen LogP contribution in [0.3, 0.4) is 0 Å². The minimum atomic E-state index is -2.84. The highest BCUT2D eigenvalue weighted by atomic mass is 19.3. The molecule has 2 N–H and O–H groups in total. The topological polar surface area (TPSA) is 107 Å². The number of halogens is 3. The Labute approximate surface area is 213 Å². The number of nitrogens with zero attached hydrogens (tertiary/aromatic N) is 4. The highest BCUT2D eigenvalue weighted by Crippen LogP contribution is 2.51. The zero-order valence-electron chi connectivity index (χ0n) is 20.8. The van der Waals surface area contributed by atoms with Crippen LogP contribution in [-0.2, 0) is 22.6 Å². The van der Waals surface area contributed by atoms with E-state index in [4.69, 9.17) is 19.7 Å². The molecule has 1 aliphatic carbocycles. The molecule has 9 nitrogen and oxygen atoms in total. The number of amides is 1. The van der Waals surface area contributed by atoms with Crippen LogP contribution in [-0.4, -0.2) is 72.3 Å². The number of alkyl halides is 2. The maximum Gasteiger partial charge on any atom is 0.324 e. The molecule has 2 aliphatic heterocycles. The summed E-state index contributed by atoms with van der Waals surface area (Å²) in [6.07, 6.45) is 3.33. The van der Waals surface area contributed by atoms with Crippen molar-refractivity contribution in [2.45, 2.75) is 50.2 Å². The van der Waals surface area contributed by atoms with E-state index in [9.17, 15) is 18.0 Å². The summed E-state index contributed by atoms with van der Waals surface area (Å²) in [5.41, 5.74) is 6.50. The molecule has 1 aromatic heterocycles. The Balaban J connectivity index is 1.04. The van der Waals surface area contributed by atoms with Gasteiger partial charge in [0.1, 0.15) is 18.2 Å². The van der Waals surface area contributed by atoms with Crippen LogP contribution in [0.4, 0.5) is 19.2 Å². The quantitative estimate of drug-likeness (QED) is 0.507. The molecule has 1 aromatic carbocycles. The number of nitrogens with two attached hydrogens (primary N) is 1. The first kappa shape index (κ1) is 25.8. The lowest BCUT2D eigenvalue weighted by atomic mass is 9.89. The second-order valence-corrected chi connectivity index (χ2v) is 10.4. The molecule has 1 amide bonds. The number of hydrogen-bond acceptors (Lipinski definition) is 8. The first-order chi connectivity index (χ1) is 17.7. The molecule has 3 heterocycles. The van der Waals surface area contributed by atoms with E-state index < -0.39 is 30.7 Å². The van der Waals surface area contributed by atoms with E-state index in [1.807, 2.05) is 0 Å². The van der Waals surface area contributed by atoms with Gasteiger partial charge in [0.25, 0.3) is 5.92 Å². The molecular weight excluding hydrogens is 491 g/mol. The monoisotopic (exact) mass is 523 g/mol. The number of benzene rings is 1. The van der Waals surface area contributed by atoms with Gasteiger partial charge in [-0.1, -0.05) is 11.2 Å². The number of likely N-dealkylation sites (tertiary alicyclic amines) is 1. The molecule has 0 radical (unpaired) electrons. The first-order valence-corrected chi connectivity index (χ1v) is 12.6. The van der Waals surface area contributed by atoms with Gasteiger partial charge in [-0.05, 0) is 49.1 Å². The lowest BCUT2D eigenvalue weighted by Crippen LogP contribution is -2.58. The number of piperidine rings is 1. The van der Waals surface area contributed by atoms with Crippen molar-refractivity contribution in [3.8, 4) is 5.75 Å². The van der Waals surface area contributed by atoms with Crippen molar-refractivity contribution in [2.24, 2.45) is 17.6 Å². The van der Waals surface area contributed by atoms with E-state index in [-0.39, 0.29) is 17.5 Å². The smallest absolute Gasteiger partial charge is 0.324 e. The van der Waals surface area contributed by atoms with Crippen LogP contribution in [0.15, 0.2) is 22.7 Å². The lowest BCUT2D eigenvalue weighted by molar-refractivity contribution is -0.165. The SMILES string of the molecule is COCc1noc(N2CCC([C@H]3C[C@@]3(N)CCOc3ccc(CC(=O)N4CC(F)(F)C4)c(F)c3)CC2)n1. The van der Waals surface area contributed by atoms with Crippen molar-refractivity contribution in [2.75, 3.05) is 44.8 Å². The van der Waals surface area contributed by atoms with E-state index in [0.717, 1.165) is 37.3 Å². The molecule has 202 valence electrons. The largest absolute Gasteiger partial charge is 0.493 e. The molecule has 1 saturated carbocycles. The predicted octanol–water partition coefficient (Wildman–Crippen LogP) is 2.78. The first-order valence-electron chi connectivity index (χ1n) is 12.6. The Bertz CT molecular complexity index is 1120. The van der Waals surface area contributed by atoms with E-state index in [1.165, 1.54) is 12.1 Å². The molecule has 0 spiro atoms. The molecule has 0 unspecified atom stereocenters. The summed E-state index contributed by atoms with van der Waals surface area (Å²) in [6.45, 7) is 1.12. The van der Waals surface area contributed by atoms with Gasteiger partial charge in [-0.15, -0.1) is 0 Å². The Morgan fingerprint density at radius 3 is 2.70 bits per heavy atom. The molecule has 37 heavy (non-hydrogen) atoms. The number of methoxy groups -OCH3 is 1. The summed E-state index contributed by atoms with van der Waals surface area (Å²) >= 11 is 0. The van der Waals surface area contributed by atoms with Gasteiger partial charge < -0.3 is 29.5 Å². The third kappa shape index (κ3) is 5.85. The van der Waals surface area contributed by atoms with Crippen LogP contribution >= 0.6 is 0 Å². The lowest BCUT2D eigenvalue weighted by Gasteiger charge is -2.38. The van der Waals surface area contributed by atoms with Gasteiger partial charge in [-0.25, -0.2) is 13.2 Å². The van der Waals surface area contributed by atoms with Crippen LogP contribution in [0.2, 0.25) is 0 Å². The van der Waals surface area contributed by atoms with Crippen molar-refractivity contribution in [3.63, 3.8) is 0 Å². The molecule has 5 rings (SSSR count). The highest BCUT2D eigenvalue weighted by molar-refractivity contribution is 5.80. The normalized spacial score (nSPS) is 25.2. The van der Waals surface area contributed by atoms with Crippen molar-refractivity contribution >= 4 is 11.9 Å². The van der Waals surface area contributed by atoms with Crippen LogP contribution in [0.25, 0.3) is 0 Å². The van der Waals surface area contributed by atoms with Gasteiger partial charge in [0, 0.05) is 31.8 Å². The number of ether oxygens (including phenoxy) is 2. The summed E-state index contributed by atoms with van der Waals surface area (Å²) in [7, 11) is 1.59. The summed E-state index contributed by atoms with van der Waals surface area (Å²) in [5, 5.41) is 3.92. The average Bonchev–Trinajstić information content (AvgIpc) is 3.29. The number of hydrogen-bond donors (Lipinski definition) is 1. The van der Waals surface area contributed by atoms with Gasteiger partial charge in [0.15, 0.2) is 5.82 Å². The van der Waals surface area contributed by atoms with Crippen LogP contribution in [0.5, 0.6) is 5.75 Å². The van der Waals surface area contributed by atoms with Crippen molar-refractivity contribution in [3.05, 3.63) is 35.4 Å². The maximum absolute atomic E-state index is 14.5. The second-order valence-electron chi connectivity index (χ2n) is 10.4. The minimum Gasteiger partial charge on any atom is -0.493 e. The molecule has 12 heteroatoms. The summed E-state index contributed by atoms with van der Waals surface area (Å²) in [5.74, 6) is -2.12. The van der Waals surface area contributed by atoms with E-state index in [0.29, 0.717) is 49.1 Å². The average molecular weight is 524 g/mol. The van der Waals surface area contributed by atoms with Gasteiger partial charge in [0.05, 0.1) is 26.1 Å². The summed E-state index contributed by atoms with van der Waals surface area (Å²) in [6, 6.07) is 4.81. The van der Waals surface area contributed by atoms with Gasteiger partial charge in [-0.3, -0.25) is 4.79 Å².